The van der Waals surface area contributed by atoms with Crippen molar-refractivity contribution in [2.45, 2.75) is 38.6 Å². The van der Waals surface area contributed by atoms with Crippen LogP contribution in [0.15, 0.2) is 54.6 Å². The molecule has 0 heterocycles. The monoisotopic (exact) mass is 403 g/mol. The summed E-state index contributed by atoms with van der Waals surface area (Å²) >= 11 is 0. The third-order valence-electron chi connectivity index (χ3n) is 4.40. The first kappa shape index (κ1) is 23.7. The second kappa shape index (κ2) is 10.8. The molecule has 1 unspecified atom stereocenters. The topological polar surface area (TPSA) is 84.2 Å². The molecule has 0 aliphatic rings. The Kier molecular flexibility index (Phi) is 9.16. The molecule has 0 saturated heterocycles. The summed E-state index contributed by atoms with van der Waals surface area (Å²) in [6, 6.07) is 16.9. The molecule has 0 aromatic heterocycles. The summed E-state index contributed by atoms with van der Waals surface area (Å²) in [4.78, 5) is 24.1. The molecule has 0 saturated carbocycles. The minimum atomic E-state index is -0.244. The summed E-state index contributed by atoms with van der Waals surface area (Å²) in [6.07, 6.45) is 0.216. The van der Waals surface area contributed by atoms with Crippen LogP contribution in [0.3, 0.4) is 0 Å². The smallest absolute Gasteiger partial charge is 0.251 e. The van der Waals surface area contributed by atoms with Crippen LogP contribution in [0.2, 0.25) is 0 Å². The summed E-state index contributed by atoms with van der Waals surface area (Å²) < 4.78 is 0. The Morgan fingerprint density at radius 3 is 2.14 bits per heavy atom. The highest BCUT2D eigenvalue weighted by Gasteiger charge is 2.14. The van der Waals surface area contributed by atoms with Gasteiger partial charge in [-0.05, 0) is 28.7 Å². The molecule has 1 atom stereocenters. The van der Waals surface area contributed by atoms with Crippen LogP contribution < -0.4 is 16.4 Å². The fourth-order valence-corrected chi connectivity index (χ4v) is 2.64. The Morgan fingerprint density at radius 2 is 1.57 bits per heavy atom. The fourth-order valence-electron chi connectivity index (χ4n) is 2.64. The van der Waals surface area contributed by atoms with Gasteiger partial charge in [0.15, 0.2) is 0 Å². The van der Waals surface area contributed by atoms with Crippen molar-refractivity contribution in [3.63, 3.8) is 0 Å². The van der Waals surface area contributed by atoms with Gasteiger partial charge < -0.3 is 16.4 Å². The summed E-state index contributed by atoms with van der Waals surface area (Å²) in [6.45, 7) is 7.04. The Morgan fingerprint density at radius 1 is 0.964 bits per heavy atom. The molecule has 2 rings (SSSR count). The number of carbonyl (C=O) groups is 2. The van der Waals surface area contributed by atoms with E-state index in [1.807, 2.05) is 54.6 Å². The number of carbonyl (C=O) groups excluding carboxylic acids is 2. The number of amides is 2. The zero-order chi connectivity index (χ0) is 19.9. The summed E-state index contributed by atoms with van der Waals surface area (Å²) in [5, 5.41) is 5.58. The number of hydrogen-bond acceptors (Lipinski definition) is 3. The SMILES string of the molecule is CC(C)(C)c1ccc(C(=O)NCCC(=O)NCC(N)c2ccccc2)cc1.Cl. The van der Waals surface area contributed by atoms with Crippen molar-refractivity contribution in [1.29, 1.82) is 0 Å². The molecule has 0 aliphatic heterocycles. The van der Waals surface area contributed by atoms with Crippen LogP contribution in [0.5, 0.6) is 0 Å². The maximum absolute atomic E-state index is 12.2. The third-order valence-corrected chi connectivity index (χ3v) is 4.40. The zero-order valence-electron chi connectivity index (χ0n) is 16.7. The van der Waals surface area contributed by atoms with Crippen LogP contribution in [0.1, 0.15) is 54.7 Å². The van der Waals surface area contributed by atoms with E-state index in [9.17, 15) is 9.59 Å². The van der Waals surface area contributed by atoms with E-state index in [1.54, 1.807) is 0 Å². The van der Waals surface area contributed by atoms with E-state index in [4.69, 9.17) is 5.73 Å². The Hall–Kier alpha value is -2.37. The van der Waals surface area contributed by atoms with Crippen molar-refractivity contribution < 1.29 is 9.59 Å². The number of rotatable bonds is 7. The molecule has 5 nitrogen and oxygen atoms in total. The van der Waals surface area contributed by atoms with E-state index in [2.05, 4.69) is 31.4 Å². The van der Waals surface area contributed by atoms with E-state index < -0.39 is 0 Å². The lowest BCUT2D eigenvalue weighted by Crippen LogP contribution is -2.34. The van der Waals surface area contributed by atoms with Gasteiger partial charge in [-0.1, -0.05) is 63.2 Å². The van der Waals surface area contributed by atoms with Crippen molar-refractivity contribution in [1.82, 2.24) is 10.6 Å². The second-order valence-corrected chi connectivity index (χ2v) is 7.65. The van der Waals surface area contributed by atoms with Crippen LogP contribution in [0.25, 0.3) is 0 Å². The first-order valence-electron chi connectivity index (χ1n) is 9.23. The molecule has 28 heavy (non-hydrogen) atoms. The highest BCUT2D eigenvalue weighted by molar-refractivity contribution is 5.94. The number of benzene rings is 2. The average molecular weight is 404 g/mol. The lowest BCUT2D eigenvalue weighted by molar-refractivity contribution is -0.121. The van der Waals surface area contributed by atoms with Gasteiger partial charge >= 0.3 is 0 Å². The van der Waals surface area contributed by atoms with Gasteiger partial charge in [0.2, 0.25) is 5.91 Å². The van der Waals surface area contributed by atoms with Crippen LogP contribution in [0, 0.1) is 0 Å². The van der Waals surface area contributed by atoms with Gasteiger partial charge in [-0.2, -0.15) is 0 Å². The number of halogens is 1. The normalized spacial score (nSPS) is 11.9. The van der Waals surface area contributed by atoms with Gasteiger partial charge in [0.25, 0.3) is 5.91 Å². The average Bonchev–Trinajstić information content (AvgIpc) is 2.66. The number of hydrogen-bond donors (Lipinski definition) is 3. The van der Waals surface area contributed by atoms with Crippen molar-refractivity contribution >= 4 is 24.2 Å². The molecular weight excluding hydrogens is 374 g/mol. The molecular formula is C22H30ClN3O2. The van der Waals surface area contributed by atoms with Crippen molar-refractivity contribution in [3.05, 3.63) is 71.3 Å². The van der Waals surface area contributed by atoms with Crippen molar-refractivity contribution in [2.24, 2.45) is 5.73 Å². The first-order valence-corrected chi connectivity index (χ1v) is 9.23. The number of nitrogens with one attached hydrogen (secondary N) is 2. The zero-order valence-corrected chi connectivity index (χ0v) is 17.5. The Balaban J connectivity index is 0.00000392. The summed E-state index contributed by atoms with van der Waals surface area (Å²) in [7, 11) is 0. The first-order chi connectivity index (χ1) is 12.8. The van der Waals surface area contributed by atoms with Crippen molar-refractivity contribution in [3.8, 4) is 0 Å². The largest absolute Gasteiger partial charge is 0.354 e. The van der Waals surface area contributed by atoms with Gasteiger partial charge in [0.1, 0.15) is 0 Å². The minimum absolute atomic E-state index is 0. The lowest BCUT2D eigenvalue weighted by Gasteiger charge is -2.19. The molecule has 0 radical (unpaired) electrons. The van der Waals surface area contributed by atoms with Crippen LogP contribution in [0.4, 0.5) is 0 Å². The maximum Gasteiger partial charge on any atom is 0.251 e. The van der Waals surface area contributed by atoms with Gasteiger partial charge in [0.05, 0.1) is 0 Å². The van der Waals surface area contributed by atoms with E-state index >= 15 is 0 Å². The van der Waals surface area contributed by atoms with E-state index in [0.717, 1.165) is 5.56 Å². The molecule has 152 valence electrons. The van der Waals surface area contributed by atoms with Crippen LogP contribution in [-0.4, -0.2) is 24.9 Å². The van der Waals surface area contributed by atoms with Gasteiger partial charge in [0, 0.05) is 31.1 Å². The van der Waals surface area contributed by atoms with E-state index in [0.29, 0.717) is 12.1 Å². The molecule has 4 N–H and O–H groups in total. The molecule has 0 fully saturated rings. The predicted octanol–water partition coefficient (Wildman–Crippen LogP) is 3.34. The highest BCUT2D eigenvalue weighted by atomic mass is 35.5. The molecule has 0 aliphatic carbocycles. The van der Waals surface area contributed by atoms with Gasteiger partial charge in [-0.3, -0.25) is 9.59 Å². The Labute approximate surface area is 173 Å². The van der Waals surface area contributed by atoms with Gasteiger partial charge in [-0.15, -0.1) is 12.4 Å². The van der Waals surface area contributed by atoms with Crippen LogP contribution in [-0.2, 0) is 10.2 Å². The molecule has 2 amide bonds. The third kappa shape index (κ3) is 7.33. The van der Waals surface area contributed by atoms with Gasteiger partial charge in [-0.25, -0.2) is 0 Å². The number of nitrogens with two attached hydrogens (primary N) is 1. The van der Waals surface area contributed by atoms with Crippen molar-refractivity contribution in [2.75, 3.05) is 13.1 Å². The fraction of sp³-hybridized carbons (Fsp3) is 0.364. The molecule has 2 aromatic rings. The second-order valence-electron chi connectivity index (χ2n) is 7.65. The summed E-state index contributed by atoms with van der Waals surface area (Å²) in [5.74, 6) is -0.311. The molecule has 2 aromatic carbocycles. The van der Waals surface area contributed by atoms with Crippen LogP contribution >= 0.6 is 12.4 Å². The van der Waals surface area contributed by atoms with E-state index in [-0.39, 0.29) is 48.6 Å². The lowest BCUT2D eigenvalue weighted by atomic mass is 9.87. The molecule has 0 bridgehead atoms. The quantitative estimate of drug-likeness (QED) is 0.662. The molecule has 0 spiro atoms. The highest BCUT2D eigenvalue weighted by Crippen LogP contribution is 2.22. The predicted molar refractivity (Wildman–Crippen MR) is 116 cm³/mol. The van der Waals surface area contributed by atoms with E-state index in [1.165, 1.54) is 5.56 Å². The Bertz CT molecular complexity index is 756. The maximum atomic E-state index is 12.2. The minimum Gasteiger partial charge on any atom is -0.354 e. The summed E-state index contributed by atoms with van der Waals surface area (Å²) in [5.41, 5.74) is 8.85. The standard InChI is InChI=1S/C22H29N3O2.ClH/c1-22(2,3)18-11-9-17(10-12-18)21(27)24-14-13-20(26)25-15-19(23)16-7-5-4-6-8-16;/h4-12,19H,13-15,23H2,1-3H3,(H,24,27)(H,25,26);1H. The molecule has 6 heteroatoms.